The van der Waals surface area contributed by atoms with E-state index in [-0.39, 0.29) is 5.91 Å². The molecule has 0 aromatic carbocycles. The van der Waals surface area contributed by atoms with Crippen molar-refractivity contribution in [1.82, 2.24) is 24.9 Å². The van der Waals surface area contributed by atoms with Crippen LogP contribution >= 0.6 is 11.3 Å². The summed E-state index contributed by atoms with van der Waals surface area (Å²) >= 11 is 1.49. The van der Waals surface area contributed by atoms with E-state index in [0.717, 1.165) is 27.9 Å². The van der Waals surface area contributed by atoms with E-state index in [1.54, 1.807) is 16.9 Å². The quantitative estimate of drug-likeness (QED) is 0.757. The molecule has 3 aromatic heterocycles. The van der Waals surface area contributed by atoms with Gasteiger partial charge < -0.3 is 10.2 Å². The lowest BCUT2D eigenvalue weighted by molar-refractivity contribution is -0.120. The first-order valence-corrected chi connectivity index (χ1v) is 7.39. The molecule has 1 amide bonds. The average Bonchev–Trinajstić information content (AvgIpc) is 3.07. The van der Waals surface area contributed by atoms with E-state index < -0.39 is 0 Å². The van der Waals surface area contributed by atoms with E-state index in [4.69, 9.17) is 0 Å². The number of carbonyl (C=O) groups excluding carboxylic acids is 1. The number of rotatable bonds is 2. The standard InChI is InChI=1S/C13H12N6OS/c20-11-8-18(5-4-15-11)13-17-19-7-10(16-12(19)21-13)9-2-1-3-14-6-9/h1-3,6-7H,4-5,8H2,(H,15,20). The number of fused-ring (bicyclic) bond motifs is 1. The molecule has 1 aliphatic heterocycles. The van der Waals surface area contributed by atoms with E-state index in [1.807, 2.05) is 23.2 Å². The number of piperazine rings is 1. The fraction of sp³-hybridized carbons (Fsp3) is 0.231. The second-order valence-electron chi connectivity index (χ2n) is 4.75. The van der Waals surface area contributed by atoms with E-state index >= 15 is 0 Å². The molecule has 7 nitrogen and oxygen atoms in total. The molecule has 0 bridgehead atoms. The van der Waals surface area contributed by atoms with Crippen LogP contribution in [0.15, 0.2) is 30.7 Å². The maximum atomic E-state index is 11.4. The maximum Gasteiger partial charge on any atom is 0.239 e. The van der Waals surface area contributed by atoms with Crippen molar-refractivity contribution in [3.63, 3.8) is 0 Å². The molecule has 106 valence electrons. The second kappa shape index (κ2) is 4.81. The fourth-order valence-corrected chi connectivity index (χ4v) is 3.18. The molecule has 0 radical (unpaired) electrons. The molecule has 8 heteroatoms. The number of aromatic nitrogens is 4. The first-order valence-electron chi connectivity index (χ1n) is 6.58. The zero-order valence-electron chi connectivity index (χ0n) is 11.1. The second-order valence-corrected chi connectivity index (χ2v) is 5.69. The zero-order chi connectivity index (χ0) is 14.2. The number of pyridine rings is 1. The summed E-state index contributed by atoms with van der Waals surface area (Å²) in [6, 6.07) is 3.85. The van der Waals surface area contributed by atoms with Crippen LogP contribution in [0.2, 0.25) is 0 Å². The van der Waals surface area contributed by atoms with Gasteiger partial charge in [0.1, 0.15) is 0 Å². The topological polar surface area (TPSA) is 75.4 Å². The third kappa shape index (κ3) is 2.23. The van der Waals surface area contributed by atoms with E-state index in [9.17, 15) is 4.79 Å². The van der Waals surface area contributed by atoms with Crippen LogP contribution in [0.5, 0.6) is 0 Å². The van der Waals surface area contributed by atoms with Gasteiger partial charge in [-0.1, -0.05) is 11.3 Å². The largest absolute Gasteiger partial charge is 0.353 e. The molecule has 0 atom stereocenters. The Hall–Kier alpha value is -2.48. The Kier molecular flexibility index (Phi) is 2.81. The summed E-state index contributed by atoms with van der Waals surface area (Å²) in [6.07, 6.45) is 5.40. The van der Waals surface area contributed by atoms with Crippen molar-refractivity contribution in [3.05, 3.63) is 30.7 Å². The van der Waals surface area contributed by atoms with Crippen LogP contribution in [0, 0.1) is 0 Å². The minimum absolute atomic E-state index is 0.0325. The first kappa shape index (κ1) is 12.3. The van der Waals surface area contributed by atoms with Crippen LogP contribution < -0.4 is 10.2 Å². The molecular weight excluding hydrogens is 288 g/mol. The van der Waals surface area contributed by atoms with E-state index in [0.29, 0.717) is 13.1 Å². The third-order valence-corrected chi connectivity index (χ3v) is 4.28. The van der Waals surface area contributed by atoms with Crippen molar-refractivity contribution in [1.29, 1.82) is 0 Å². The van der Waals surface area contributed by atoms with E-state index in [1.165, 1.54) is 11.3 Å². The Labute approximate surface area is 124 Å². The number of amides is 1. The van der Waals surface area contributed by atoms with Crippen LogP contribution in [0.3, 0.4) is 0 Å². The van der Waals surface area contributed by atoms with Crippen LogP contribution in [-0.2, 0) is 4.79 Å². The molecule has 0 saturated carbocycles. The number of nitrogens with one attached hydrogen (secondary N) is 1. The van der Waals surface area contributed by atoms with Gasteiger partial charge in [0.2, 0.25) is 16.0 Å². The van der Waals surface area contributed by atoms with Crippen molar-refractivity contribution < 1.29 is 4.79 Å². The monoisotopic (exact) mass is 300 g/mol. The van der Waals surface area contributed by atoms with Gasteiger partial charge in [0.05, 0.1) is 18.4 Å². The number of carbonyl (C=O) groups is 1. The summed E-state index contributed by atoms with van der Waals surface area (Å²) in [4.78, 5) is 22.9. The SMILES string of the molecule is O=C1CN(c2nn3cc(-c4cccnc4)nc3s2)CCN1. The van der Waals surface area contributed by atoms with Gasteiger partial charge in [-0.05, 0) is 12.1 Å². The Balaban J connectivity index is 1.66. The summed E-state index contributed by atoms with van der Waals surface area (Å²) < 4.78 is 1.76. The minimum atomic E-state index is 0.0325. The van der Waals surface area contributed by atoms with Gasteiger partial charge in [0.25, 0.3) is 0 Å². The van der Waals surface area contributed by atoms with Crippen molar-refractivity contribution >= 4 is 27.3 Å². The van der Waals surface area contributed by atoms with Crippen molar-refractivity contribution in [2.24, 2.45) is 0 Å². The lowest BCUT2D eigenvalue weighted by Crippen LogP contribution is -2.47. The zero-order valence-corrected chi connectivity index (χ0v) is 11.9. The van der Waals surface area contributed by atoms with E-state index in [2.05, 4.69) is 20.4 Å². The molecule has 1 fully saturated rings. The smallest absolute Gasteiger partial charge is 0.239 e. The van der Waals surface area contributed by atoms with Gasteiger partial charge in [-0.25, -0.2) is 9.50 Å². The fourth-order valence-electron chi connectivity index (χ4n) is 2.27. The maximum absolute atomic E-state index is 11.4. The predicted molar refractivity (Wildman–Crippen MR) is 79.3 cm³/mol. The number of anilines is 1. The summed E-state index contributed by atoms with van der Waals surface area (Å²) in [6.45, 7) is 1.78. The molecule has 3 aromatic rings. The molecule has 0 aliphatic carbocycles. The van der Waals surface area contributed by atoms with Crippen LogP contribution in [0.1, 0.15) is 0 Å². The van der Waals surface area contributed by atoms with Crippen molar-refractivity contribution in [2.45, 2.75) is 0 Å². The minimum Gasteiger partial charge on any atom is -0.353 e. The Morgan fingerprint density at radius 2 is 2.33 bits per heavy atom. The van der Waals surface area contributed by atoms with Gasteiger partial charge >= 0.3 is 0 Å². The normalized spacial score (nSPS) is 15.4. The Bertz CT molecular complexity index is 764. The Morgan fingerprint density at radius 3 is 3.10 bits per heavy atom. The summed E-state index contributed by atoms with van der Waals surface area (Å²) in [5.74, 6) is 0.0325. The molecule has 1 N–H and O–H groups in total. The van der Waals surface area contributed by atoms with Crippen molar-refractivity contribution in [2.75, 3.05) is 24.5 Å². The lowest BCUT2D eigenvalue weighted by atomic mass is 10.2. The van der Waals surface area contributed by atoms with Gasteiger partial charge in [0.15, 0.2) is 0 Å². The van der Waals surface area contributed by atoms with Gasteiger partial charge in [-0.3, -0.25) is 9.78 Å². The number of hydrogen-bond donors (Lipinski definition) is 1. The summed E-state index contributed by atoms with van der Waals surface area (Å²) in [5.41, 5.74) is 1.82. The van der Waals surface area contributed by atoms with Crippen LogP contribution in [0.4, 0.5) is 5.13 Å². The molecule has 4 rings (SSSR count). The average molecular weight is 300 g/mol. The number of nitrogens with zero attached hydrogens (tertiary/aromatic N) is 5. The van der Waals surface area contributed by atoms with Gasteiger partial charge in [-0.15, -0.1) is 5.10 Å². The highest BCUT2D eigenvalue weighted by molar-refractivity contribution is 7.20. The highest BCUT2D eigenvalue weighted by Crippen LogP contribution is 2.26. The summed E-state index contributed by atoms with van der Waals surface area (Å²) in [5, 5.41) is 8.15. The third-order valence-electron chi connectivity index (χ3n) is 3.30. The first-order chi connectivity index (χ1) is 10.3. The molecule has 4 heterocycles. The molecule has 21 heavy (non-hydrogen) atoms. The number of hydrogen-bond acceptors (Lipinski definition) is 6. The van der Waals surface area contributed by atoms with Gasteiger partial charge in [-0.2, -0.15) is 0 Å². The van der Waals surface area contributed by atoms with Gasteiger partial charge in [0, 0.05) is 31.0 Å². The molecule has 1 saturated heterocycles. The Morgan fingerprint density at radius 1 is 1.38 bits per heavy atom. The predicted octanol–water partition coefficient (Wildman–Crippen LogP) is 0.789. The lowest BCUT2D eigenvalue weighted by Gasteiger charge is -2.25. The highest BCUT2D eigenvalue weighted by Gasteiger charge is 2.20. The van der Waals surface area contributed by atoms with Crippen LogP contribution in [-0.4, -0.2) is 45.1 Å². The molecular formula is C13H12N6OS. The van der Waals surface area contributed by atoms with Crippen molar-refractivity contribution in [3.8, 4) is 11.3 Å². The van der Waals surface area contributed by atoms with Crippen LogP contribution in [0.25, 0.3) is 16.2 Å². The molecule has 0 spiro atoms. The molecule has 0 unspecified atom stereocenters. The summed E-state index contributed by atoms with van der Waals surface area (Å²) in [7, 11) is 0. The molecule has 1 aliphatic rings. The number of imidazole rings is 1. The highest BCUT2D eigenvalue weighted by atomic mass is 32.1.